The molecule has 0 N–H and O–H groups in total. The van der Waals surface area contributed by atoms with E-state index in [4.69, 9.17) is 0 Å². The van der Waals surface area contributed by atoms with E-state index in [9.17, 15) is 0 Å². The fourth-order valence-electron chi connectivity index (χ4n) is 5.64. The second-order valence-corrected chi connectivity index (χ2v) is 8.44. The zero-order chi connectivity index (χ0) is 14.5. The van der Waals surface area contributed by atoms with Gasteiger partial charge in [-0.05, 0) is 35.5 Å². The minimum Gasteiger partial charge on any atom is -0.0625 e. The quantitative estimate of drug-likeness (QED) is 0.525. The number of hydrogen-bond acceptors (Lipinski definition) is 0. The third-order valence-electron chi connectivity index (χ3n) is 6.37. The molecule has 2 saturated carbocycles. The van der Waals surface area contributed by atoms with Crippen LogP contribution in [-0.4, -0.2) is 0 Å². The lowest BCUT2D eigenvalue weighted by Crippen LogP contribution is -2.37. The summed E-state index contributed by atoms with van der Waals surface area (Å²) < 4.78 is 0. The molecular weight excluding hydrogens is 240 g/mol. The standard InChI is InChI=1S/C20H38/c1-15(2)19(17-11-7-5-8-12-17)20(16(3)4)18-13-9-6-10-14-18/h15-20H,5-14H2,1-4H3/t19-,20+. The van der Waals surface area contributed by atoms with Crippen LogP contribution in [0.5, 0.6) is 0 Å². The van der Waals surface area contributed by atoms with Gasteiger partial charge in [-0.25, -0.2) is 0 Å². The van der Waals surface area contributed by atoms with Crippen molar-refractivity contribution in [2.24, 2.45) is 35.5 Å². The zero-order valence-corrected chi connectivity index (χ0v) is 14.5. The molecule has 2 aliphatic rings. The normalized spacial score (nSPS) is 26.1. The maximum Gasteiger partial charge on any atom is -0.0329 e. The molecule has 0 aromatic heterocycles. The van der Waals surface area contributed by atoms with Gasteiger partial charge in [0.05, 0.1) is 0 Å². The molecule has 2 fully saturated rings. The smallest absolute Gasteiger partial charge is 0.0329 e. The van der Waals surface area contributed by atoms with Crippen molar-refractivity contribution in [2.45, 2.75) is 91.9 Å². The van der Waals surface area contributed by atoms with Gasteiger partial charge >= 0.3 is 0 Å². The van der Waals surface area contributed by atoms with Gasteiger partial charge < -0.3 is 0 Å². The highest BCUT2D eigenvalue weighted by Crippen LogP contribution is 2.47. The molecule has 0 heteroatoms. The molecule has 2 atom stereocenters. The average Bonchev–Trinajstić information content (AvgIpc) is 2.45. The summed E-state index contributed by atoms with van der Waals surface area (Å²) in [6, 6.07) is 0. The van der Waals surface area contributed by atoms with Crippen LogP contribution in [0.25, 0.3) is 0 Å². The maximum absolute atomic E-state index is 2.51. The number of hydrogen-bond donors (Lipinski definition) is 0. The van der Waals surface area contributed by atoms with Crippen LogP contribution in [0.3, 0.4) is 0 Å². The van der Waals surface area contributed by atoms with E-state index in [2.05, 4.69) is 27.7 Å². The Labute approximate surface area is 128 Å². The van der Waals surface area contributed by atoms with Crippen LogP contribution in [0, 0.1) is 35.5 Å². The Hall–Kier alpha value is 0. The molecule has 0 unspecified atom stereocenters. The summed E-state index contributed by atoms with van der Waals surface area (Å²) >= 11 is 0. The van der Waals surface area contributed by atoms with E-state index < -0.39 is 0 Å². The lowest BCUT2D eigenvalue weighted by atomic mass is 9.60. The average molecular weight is 279 g/mol. The van der Waals surface area contributed by atoms with Crippen molar-refractivity contribution in [1.29, 1.82) is 0 Å². The first-order chi connectivity index (χ1) is 9.61. The van der Waals surface area contributed by atoms with Gasteiger partial charge in [0.2, 0.25) is 0 Å². The predicted molar refractivity (Wildman–Crippen MR) is 89.8 cm³/mol. The van der Waals surface area contributed by atoms with E-state index in [1.54, 1.807) is 0 Å². The Morgan fingerprint density at radius 3 is 1.05 bits per heavy atom. The SMILES string of the molecule is CC(C)[C@H](C1CCCCC1)[C@@H](C(C)C)C1CCCCC1. The molecule has 0 nitrogen and oxygen atoms in total. The highest BCUT2D eigenvalue weighted by Gasteiger charge is 2.38. The first-order valence-electron chi connectivity index (χ1n) is 9.61. The van der Waals surface area contributed by atoms with E-state index in [-0.39, 0.29) is 0 Å². The Morgan fingerprint density at radius 1 is 0.500 bits per heavy atom. The summed E-state index contributed by atoms with van der Waals surface area (Å²) in [4.78, 5) is 0. The van der Waals surface area contributed by atoms with E-state index in [0.29, 0.717) is 0 Å². The van der Waals surface area contributed by atoms with Crippen molar-refractivity contribution in [2.75, 3.05) is 0 Å². The van der Waals surface area contributed by atoms with Crippen molar-refractivity contribution in [3.05, 3.63) is 0 Å². The maximum atomic E-state index is 2.51. The highest BCUT2D eigenvalue weighted by molar-refractivity contribution is 4.88. The molecule has 0 aliphatic heterocycles. The summed E-state index contributed by atoms with van der Waals surface area (Å²) in [7, 11) is 0. The molecule has 2 aliphatic carbocycles. The molecule has 0 saturated heterocycles. The van der Waals surface area contributed by atoms with Crippen LogP contribution < -0.4 is 0 Å². The molecule has 0 aromatic rings. The third-order valence-corrected chi connectivity index (χ3v) is 6.37. The Balaban J connectivity index is 2.13. The minimum absolute atomic E-state index is 0.882. The van der Waals surface area contributed by atoms with Crippen molar-refractivity contribution >= 4 is 0 Å². The lowest BCUT2D eigenvalue weighted by Gasteiger charge is -2.45. The van der Waals surface area contributed by atoms with Crippen molar-refractivity contribution < 1.29 is 0 Å². The Morgan fingerprint density at radius 2 is 0.800 bits per heavy atom. The van der Waals surface area contributed by atoms with Gasteiger partial charge in [0.15, 0.2) is 0 Å². The minimum atomic E-state index is 0.882. The first-order valence-corrected chi connectivity index (χ1v) is 9.61. The molecular formula is C20H38. The van der Waals surface area contributed by atoms with E-state index >= 15 is 0 Å². The Kier molecular flexibility index (Phi) is 6.43. The Bertz CT molecular complexity index is 225. The van der Waals surface area contributed by atoms with Crippen LogP contribution in [0.2, 0.25) is 0 Å². The number of rotatable bonds is 5. The van der Waals surface area contributed by atoms with Crippen molar-refractivity contribution in [3.63, 3.8) is 0 Å². The van der Waals surface area contributed by atoms with Crippen molar-refractivity contribution in [1.82, 2.24) is 0 Å². The van der Waals surface area contributed by atoms with Crippen LogP contribution in [0.1, 0.15) is 91.9 Å². The van der Waals surface area contributed by atoms with Gasteiger partial charge in [-0.3, -0.25) is 0 Å². The van der Waals surface area contributed by atoms with E-state index in [1.807, 2.05) is 0 Å². The first kappa shape index (κ1) is 16.4. The summed E-state index contributed by atoms with van der Waals surface area (Å²) in [5.74, 6) is 5.84. The fraction of sp³-hybridized carbons (Fsp3) is 1.00. The van der Waals surface area contributed by atoms with Gasteiger partial charge in [0, 0.05) is 0 Å². The molecule has 20 heavy (non-hydrogen) atoms. The van der Waals surface area contributed by atoms with Crippen LogP contribution in [0.15, 0.2) is 0 Å². The third kappa shape index (κ3) is 4.01. The lowest BCUT2D eigenvalue weighted by molar-refractivity contribution is 0.0417. The molecule has 0 heterocycles. The van der Waals surface area contributed by atoms with E-state index in [1.165, 1.54) is 64.2 Å². The molecule has 2 rings (SSSR count). The summed E-state index contributed by atoms with van der Waals surface area (Å²) in [6.45, 7) is 10.0. The zero-order valence-electron chi connectivity index (χ0n) is 14.5. The van der Waals surface area contributed by atoms with Gasteiger partial charge in [0.25, 0.3) is 0 Å². The van der Waals surface area contributed by atoms with Gasteiger partial charge in [-0.1, -0.05) is 91.9 Å². The molecule has 0 amide bonds. The van der Waals surface area contributed by atoms with E-state index in [0.717, 1.165) is 35.5 Å². The van der Waals surface area contributed by atoms with Crippen LogP contribution in [-0.2, 0) is 0 Å². The molecule has 0 spiro atoms. The van der Waals surface area contributed by atoms with Gasteiger partial charge in [0.1, 0.15) is 0 Å². The summed E-state index contributed by atoms with van der Waals surface area (Å²) in [5, 5.41) is 0. The van der Waals surface area contributed by atoms with Crippen molar-refractivity contribution in [3.8, 4) is 0 Å². The summed E-state index contributed by atoms with van der Waals surface area (Å²) in [6.07, 6.45) is 15.1. The highest BCUT2D eigenvalue weighted by atomic mass is 14.4. The van der Waals surface area contributed by atoms with Gasteiger partial charge in [-0.2, -0.15) is 0 Å². The second-order valence-electron chi connectivity index (χ2n) is 8.44. The molecule has 118 valence electrons. The molecule has 0 bridgehead atoms. The fourth-order valence-corrected chi connectivity index (χ4v) is 5.64. The summed E-state index contributed by atoms with van der Waals surface area (Å²) in [5.41, 5.74) is 0. The van der Waals surface area contributed by atoms with Gasteiger partial charge in [-0.15, -0.1) is 0 Å². The molecule has 0 radical (unpaired) electrons. The topological polar surface area (TPSA) is 0 Å². The van der Waals surface area contributed by atoms with Crippen LogP contribution >= 0.6 is 0 Å². The largest absolute Gasteiger partial charge is 0.0625 e. The van der Waals surface area contributed by atoms with Crippen LogP contribution in [0.4, 0.5) is 0 Å². The second kappa shape index (κ2) is 7.85. The molecule has 0 aromatic carbocycles. The monoisotopic (exact) mass is 278 g/mol. The predicted octanol–water partition coefficient (Wildman–Crippen LogP) is 6.69.